The van der Waals surface area contributed by atoms with Gasteiger partial charge >= 0.3 is 0 Å². The van der Waals surface area contributed by atoms with E-state index in [9.17, 15) is 0 Å². The molecule has 110 valence electrons. The molecule has 2 aliphatic carbocycles. The van der Waals surface area contributed by atoms with Crippen LogP contribution >= 0.6 is 24.0 Å². The zero-order chi connectivity index (χ0) is 13.5. The molecule has 0 amide bonds. The van der Waals surface area contributed by atoms with Crippen LogP contribution in [-0.2, 0) is 12.8 Å². The maximum Gasteiger partial charge on any atom is 0.193 e. The van der Waals surface area contributed by atoms with Crippen LogP contribution in [0.2, 0.25) is 0 Å². The van der Waals surface area contributed by atoms with Gasteiger partial charge in [-0.25, -0.2) is 4.99 Å². The lowest BCUT2D eigenvalue weighted by Gasteiger charge is -2.41. The molecule has 3 rings (SSSR count). The molecule has 2 aliphatic rings. The van der Waals surface area contributed by atoms with Gasteiger partial charge in [0.1, 0.15) is 0 Å². The second-order valence-electron chi connectivity index (χ2n) is 6.52. The zero-order valence-corrected chi connectivity index (χ0v) is 14.6. The Morgan fingerprint density at radius 1 is 1.30 bits per heavy atom. The molecule has 0 radical (unpaired) electrons. The summed E-state index contributed by atoms with van der Waals surface area (Å²) in [6.45, 7) is 4.51. The third-order valence-corrected chi connectivity index (χ3v) is 4.63. The summed E-state index contributed by atoms with van der Waals surface area (Å²) in [7, 11) is 0. The summed E-state index contributed by atoms with van der Waals surface area (Å²) in [5.74, 6) is 0.552. The Bertz CT molecular complexity index is 522. The fraction of sp³-hybridized carbons (Fsp3) is 0.562. The molecule has 3 nitrogen and oxygen atoms in total. The number of aliphatic imine (C=N–C) groups is 1. The van der Waals surface area contributed by atoms with Crippen molar-refractivity contribution in [3.63, 3.8) is 0 Å². The number of aryl methyl sites for hydroxylation is 2. The first-order valence-electron chi connectivity index (χ1n) is 7.27. The molecular weight excluding hydrogens is 361 g/mol. The summed E-state index contributed by atoms with van der Waals surface area (Å²) in [4.78, 5) is 4.61. The number of hydrogen-bond donors (Lipinski definition) is 2. The minimum atomic E-state index is 0. The van der Waals surface area contributed by atoms with E-state index in [4.69, 9.17) is 5.73 Å². The number of nitrogens with zero attached hydrogens (tertiary/aromatic N) is 1. The van der Waals surface area contributed by atoms with Crippen molar-refractivity contribution in [1.29, 1.82) is 0 Å². The number of benzene rings is 1. The Labute approximate surface area is 138 Å². The van der Waals surface area contributed by atoms with Crippen molar-refractivity contribution in [3.05, 3.63) is 29.3 Å². The van der Waals surface area contributed by atoms with E-state index in [0.717, 1.165) is 12.1 Å². The first-order chi connectivity index (χ1) is 9.04. The largest absolute Gasteiger partial charge is 0.370 e. The molecule has 4 heteroatoms. The normalized spacial score (nSPS) is 23.5. The van der Waals surface area contributed by atoms with Crippen LogP contribution < -0.4 is 11.1 Å². The van der Waals surface area contributed by atoms with Gasteiger partial charge in [-0.05, 0) is 60.8 Å². The van der Waals surface area contributed by atoms with E-state index in [1.165, 1.54) is 36.8 Å². The van der Waals surface area contributed by atoms with Gasteiger partial charge in [-0.2, -0.15) is 0 Å². The number of fused-ring (bicyclic) bond motifs is 1. The van der Waals surface area contributed by atoms with Gasteiger partial charge in [0, 0.05) is 5.69 Å². The van der Waals surface area contributed by atoms with Crippen molar-refractivity contribution < 1.29 is 0 Å². The van der Waals surface area contributed by atoms with Gasteiger partial charge in [-0.15, -0.1) is 24.0 Å². The fourth-order valence-electron chi connectivity index (χ4n) is 3.09. The lowest BCUT2D eigenvalue weighted by Crippen LogP contribution is -2.40. The summed E-state index contributed by atoms with van der Waals surface area (Å²) >= 11 is 0. The molecule has 0 aromatic heterocycles. The van der Waals surface area contributed by atoms with E-state index in [2.05, 4.69) is 42.4 Å². The molecule has 0 spiro atoms. The van der Waals surface area contributed by atoms with Crippen molar-refractivity contribution in [2.75, 3.05) is 5.32 Å². The van der Waals surface area contributed by atoms with E-state index in [-0.39, 0.29) is 24.0 Å². The molecule has 1 fully saturated rings. The molecule has 1 unspecified atom stereocenters. The van der Waals surface area contributed by atoms with Gasteiger partial charge in [0.05, 0.1) is 6.04 Å². The number of rotatable bonds is 2. The van der Waals surface area contributed by atoms with E-state index >= 15 is 0 Å². The zero-order valence-electron chi connectivity index (χ0n) is 12.3. The second-order valence-corrected chi connectivity index (χ2v) is 6.52. The predicted octanol–water partition coefficient (Wildman–Crippen LogP) is 3.71. The van der Waals surface area contributed by atoms with Gasteiger partial charge in [-0.3, -0.25) is 0 Å². The Kier molecular flexibility index (Phi) is 4.62. The van der Waals surface area contributed by atoms with Crippen LogP contribution in [0.25, 0.3) is 0 Å². The van der Waals surface area contributed by atoms with E-state index < -0.39 is 0 Å². The first kappa shape index (κ1) is 15.6. The Morgan fingerprint density at radius 2 is 2.05 bits per heavy atom. The third kappa shape index (κ3) is 3.10. The average molecular weight is 385 g/mol. The summed E-state index contributed by atoms with van der Waals surface area (Å²) in [6, 6.07) is 6.91. The van der Waals surface area contributed by atoms with Crippen molar-refractivity contribution in [2.45, 2.75) is 52.0 Å². The Morgan fingerprint density at radius 3 is 2.70 bits per heavy atom. The van der Waals surface area contributed by atoms with Gasteiger partial charge in [0.2, 0.25) is 0 Å². The van der Waals surface area contributed by atoms with Crippen LogP contribution in [0.3, 0.4) is 0 Å². The van der Waals surface area contributed by atoms with Crippen LogP contribution in [0.5, 0.6) is 0 Å². The number of halogens is 1. The second kappa shape index (κ2) is 5.92. The molecule has 1 aromatic carbocycles. The number of anilines is 1. The minimum Gasteiger partial charge on any atom is -0.370 e. The minimum absolute atomic E-state index is 0. The molecule has 3 N–H and O–H groups in total. The molecule has 1 atom stereocenters. The number of guanidine groups is 1. The monoisotopic (exact) mass is 385 g/mol. The van der Waals surface area contributed by atoms with Gasteiger partial charge in [0.15, 0.2) is 5.96 Å². The van der Waals surface area contributed by atoms with E-state index in [0.29, 0.717) is 17.4 Å². The van der Waals surface area contributed by atoms with Crippen LogP contribution in [0.15, 0.2) is 23.2 Å². The molecule has 20 heavy (non-hydrogen) atoms. The summed E-state index contributed by atoms with van der Waals surface area (Å²) in [5.41, 5.74) is 10.3. The van der Waals surface area contributed by atoms with Crippen LogP contribution in [-0.4, -0.2) is 12.0 Å². The average Bonchev–Trinajstić information content (AvgIpc) is 2.82. The molecular formula is C16H24IN3. The molecule has 0 aliphatic heterocycles. The Hall–Kier alpha value is -0.780. The Balaban J connectivity index is 0.00000147. The van der Waals surface area contributed by atoms with E-state index in [1.54, 1.807) is 0 Å². The lowest BCUT2D eigenvalue weighted by atomic mass is 9.68. The van der Waals surface area contributed by atoms with Gasteiger partial charge in [0.25, 0.3) is 0 Å². The highest BCUT2D eigenvalue weighted by Gasteiger charge is 2.38. The fourth-order valence-corrected chi connectivity index (χ4v) is 3.09. The molecule has 0 saturated heterocycles. The highest BCUT2D eigenvalue weighted by Crippen LogP contribution is 2.42. The van der Waals surface area contributed by atoms with Crippen molar-refractivity contribution in [3.8, 4) is 0 Å². The standard InChI is InChI=1S/C16H23N3.HI/c1-16(2)9-8-14(16)19-15(17)18-13-7-6-11-4-3-5-12(11)10-13;/h6-7,10,14H,3-5,8-9H2,1-2H3,(H3,17,18,19);1H. The molecule has 1 aromatic rings. The lowest BCUT2D eigenvalue weighted by molar-refractivity contribution is 0.145. The van der Waals surface area contributed by atoms with Gasteiger partial charge < -0.3 is 11.1 Å². The third-order valence-electron chi connectivity index (χ3n) is 4.63. The van der Waals surface area contributed by atoms with Crippen molar-refractivity contribution in [1.82, 2.24) is 0 Å². The highest BCUT2D eigenvalue weighted by atomic mass is 127. The maximum absolute atomic E-state index is 6.02. The first-order valence-corrected chi connectivity index (χ1v) is 7.27. The van der Waals surface area contributed by atoms with Crippen LogP contribution in [0, 0.1) is 5.41 Å². The predicted molar refractivity (Wildman–Crippen MR) is 95.9 cm³/mol. The quantitative estimate of drug-likeness (QED) is 0.463. The summed E-state index contributed by atoms with van der Waals surface area (Å²) < 4.78 is 0. The highest BCUT2D eigenvalue weighted by molar-refractivity contribution is 14.0. The van der Waals surface area contributed by atoms with Crippen molar-refractivity contribution >= 4 is 35.6 Å². The van der Waals surface area contributed by atoms with Gasteiger partial charge in [-0.1, -0.05) is 19.9 Å². The molecule has 0 heterocycles. The molecule has 1 saturated carbocycles. The number of nitrogens with one attached hydrogen (secondary N) is 1. The molecule has 0 bridgehead atoms. The van der Waals surface area contributed by atoms with E-state index in [1.807, 2.05) is 0 Å². The smallest absolute Gasteiger partial charge is 0.193 e. The topological polar surface area (TPSA) is 50.4 Å². The SMILES string of the molecule is CC1(C)CCC1N=C(N)Nc1ccc2c(c1)CCC2.I. The van der Waals surface area contributed by atoms with Crippen LogP contribution in [0.1, 0.15) is 44.2 Å². The summed E-state index contributed by atoms with van der Waals surface area (Å²) in [5, 5.41) is 3.24. The maximum atomic E-state index is 6.02. The number of nitrogens with two attached hydrogens (primary N) is 1. The van der Waals surface area contributed by atoms with Crippen molar-refractivity contribution in [2.24, 2.45) is 16.1 Å². The van der Waals surface area contributed by atoms with Crippen LogP contribution in [0.4, 0.5) is 5.69 Å². The summed E-state index contributed by atoms with van der Waals surface area (Å²) in [6.07, 6.45) is 6.08. The number of hydrogen-bond acceptors (Lipinski definition) is 1.